The molecular weight excluding hydrogens is 198 g/mol. The Morgan fingerprint density at radius 1 is 1.38 bits per heavy atom. The third kappa shape index (κ3) is 2.56. The molecule has 0 aromatic heterocycles. The smallest absolute Gasteiger partial charge is 0.124 e. The third-order valence-electron chi connectivity index (χ3n) is 3.15. The molecule has 0 saturated carbocycles. The SMILES string of the molecule is CCOc1ccc(C)cc1C1CCCCN1. The molecule has 1 aromatic carbocycles. The predicted octanol–water partition coefficient (Wildman–Crippen LogP) is 3.21. The predicted molar refractivity (Wildman–Crippen MR) is 66.9 cm³/mol. The number of aryl methyl sites for hydroxylation is 1. The van der Waals surface area contributed by atoms with Crippen molar-refractivity contribution in [3.8, 4) is 5.75 Å². The van der Waals surface area contributed by atoms with Gasteiger partial charge in [-0.25, -0.2) is 0 Å². The van der Waals surface area contributed by atoms with E-state index in [1.165, 1.54) is 30.4 Å². The molecule has 0 aliphatic carbocycles. The highest BCUT2D eigenvalue weighted by Gasteiger charge is 2.18. The summed E-state index contributed by atoms with van der Waals surface area (Å²) in [4.78, 5) is 0. The van der Waals surface area contributed by atoms with Gasteiger partial charge in [0.2, 0.25) is 0 Å². The summed E-state index contributed by atoms with van der Waals surface area (Å²) >= 11 is 0. The molecule has 1 aromatic rings. The van der Waals surface area contributed by atoms with Gasteiger partial charge < -0.3 is 10.1 Å². The molecule has 2 rings (SSSR count). The zero-order valence-corrected chi connectivity index (χ0v) is 10.3. The quantitative estimate of drug-likeness (QED) is 0.843. The molecule has 1 saturated heterocycles. The normalized spacial score (nSPS) is 20.8. The average molecular weight is 219 g/mol. The van der Waals surface area contributed by atoms with E-state index in [-0.39, 0.29) is 0 Å². The first-order chi connectivity index (χ1) is 7.81. The Hall–Kier alpha value is -1.02. The minimum Gasteiger partial charge on any atom is -0.494 e. The lowest BCUT2D eigenvalue weighted by atomic mass is 9.95. The molecular formula is C14H21NO. The van der Waals surface area contributed by atoms with Crippen molar-refractivity contribution in [2.45, 2.75) is 39.2 Å². The molecule has 1 unspecified atom stereocenters. The first-order valence-corrected chi connectivity index (χ1v) is 6.28. The first-order valence-electron chi connectivity index (χ1n) is 6.28. The summed E-state index contributed by atoms with van der Waals surface area (Å²) < 4.78 is 5.71. The van der Waals surface area contributed by atoms with E-state index in [0.29, 0.717) is 6.04 Å². The van der Waals surface area contributed by atoms with E-state index in [1.54, 1.807) is 0 Å². The molecule has 1 aliphatic heterocycles. The Balaban J connectivity index is 2.24. The van der Waals surface area contributed by atoms with Gasteiger partial charge in [0.25, 0.3) is 0 Å². The third-order valence-corrected chi connectivity index (χ3v) is 3.15. The Morgan fingerprint density at radius 3 is 2.94 bits per heavy atom. The number of hydrogen-bond acceptors (Lipinski definition) is 2. The van der Waals surface area contributed by atoms with E-state index in [0.717, 1.165) is 18.9 Å². The number of ether oxygens (including phenoxy) is 1. The van der Waals surface area contributed by atoms with Gasteiger partial charge in [0.1, 0.15) is 5.75 Å². The summed E-state index contributed by atoms with van der Waals surface area (Å²) in [6.45, 7) is 6.05. The Kier molecular flexibility index (Phi) is 3.83. The minimum atomic E-state index is 0.482. The molecule has 1 atom stereocenters. The Morgan fingerprint density at radius 2 is 2.25 bits per heavy atom. The van der Waals surface area contributed by atoms with Crippen molar-refractivity contribution in [2.24, 2.45) is 0 Å². The standard InChI is InChI=1S/C14H21NO/c1-3-16-14-8-7-11(2)10-12(14)13-6-4-5-9-15-13/h7-8,10,13,15H,3-6,9H2,1-2H3. The molecule has 1 N–H and O–H groups in total. The van der Waals surface area contributed by atoms with E-state index in [2.05, 4.69) is 30.4 Å². The van der Waals surface area contributed by atoms with Crippen LogP contribution in [0.3, 0.4) is 0 Å². The fourth-order valence-electron chi connectivity index (χ4n) is 2.34. The number of benzene rings is 1. The molecule has 1 heterocycles. The van der Waals surface area contributed by atoms with Crippen LogP contribution in [0.1, 0.15) is 43.4 Å². The summed E-state index contributed by atoms with van der Waals surface area (Å²) in [6.07, 6.45) is 3.84. The van der Waals surface area contributed by atoms with Crippen LogP contribution in [0.15, 0.2) is 18.2 Å². The Bertz CT molecular complexity index is 343. The monoisotopic (exact) mass is 219 g/mol. The summed E-state index contributed by atoms with van der Waals surface area (Å²) in [6, 6.07) is 6.96. The zero-order valence-electron chi connectivity index (χ0n) is 10.3. The van der Waals surface area contributed by atoms with Crippen molar-refractivity contribution >= 4 is 0 Å². The molecule has 0 bridgehead atoms. The second-order valence-electron chi connectivity index (χ2n) is 4.48. The molecule has 0 spiro atoms. The van der Waals surface area contributed by atoms with Crippen molar-refractivity contribution in [3.63, 3.8) is 0 Å². The van der Waals surface area contributed by atoms with Crippen molar-refractivity contribution in [3.05, 3.63) is 29.3 Å². The lowest BCUT2D eigenvalue weighted by Crippen LogP contribution is -2.27. The molecule has 16 heavy (non-hydrogen) atoms. The van der Waals surface area contributed by atoms with Crippen LogP contribution in [0.4, 0.5) is 0 Å². The number of nitrogens with one attached hydrogen (secondary N) is 1. The van der Waals surface area contributed by atoms with Gasteiger partial charge in [-0.15, -0.1) is 0 Å². The van der Waals surface area contributed by atoms with Crippen LogP contribution in [-0.4, -0.2) is 13.2 Å². The topological polar surface area (TPSA) is 21.3 Å². The molecule has 88 valence electrons. The van der Waals surface area contributed by atoms with Gasteiger partial charge in [0.15, 0.2) is 0 Å². The highest BCUT2D eigenvalue weighted by Crippen LogP contribution is 2.31. The second-order valence-corrected chi connectivity index (χ2v) is 4.48. The van der Waals surface area contributed by atoms with Gasteiger partial charge in [-0.3, -0.25) is 0 Å². The van der Waals surface area contributed by atoms with Gasteiger partial charge in [0.05, 0.1) is 6.61 Å². The molecule has 2 nitrogen and oxygen atoms in total. The lowest BCUT2D eigenvalue weighted by Gasteiger charge is -2.26. The molecule has 2 heteroatoms. The average Bonchev–Trinajstić information content (AvgIpc) is 2.33. The molecule has 1 fully saturated rings. The van der Waals surface area contributed by atoms with E-state index in [1.807, 2.05) is 6.92 Å². The number of hydrogen-bond donors (Lipinski definition) is 1. The van der Waals surface area contributed by atoms with Crippen LogP contribution in [0.5, 0.6) is 5.75 Å². The van der Waals surface area contributed by atoms with E-state index < -0.39 is 0 Å². The van der Waals surface area contributed by atoms with E-state index in [4.69, 9.17) is 4.74 Å². The van der Waals surface area contributed by atoms with Gasteiger partial charge in [-0.2, -0.15) is 0 Å². The minimum absolute atomic E-state index is 0.482. The van der Waals surface area contributed by atoms with E-state index >= 15 is 0 Å². The lowest BCUT2D eigenvalue weighted by molar-refractivity contribution is 0.324. The van der Waals surface area contributed by atoms with Crippen molar-refractivity contribution in [1.82, 2.24) is 5.32 Å². The maximum atomic E-state index is 5.71. The summed E-state index contributed by atoms with van der Waals surface area (Å²) in [7, 11) is 0. The highest BCUT2D eigenvalue weighted by molar-refractivity contribution is 5.39. The molecule has 0 radical (unpaired) electrons. The molecule has 0 amide bonds. The highest BCUT2D eigenvalue weighted by atomic mass is 16.5. The van der Waals surface area contributed by atoms with Crippen LogP contribution >= 0.6 is 0 Å². The van der Waals surface area contributed by atoms with Crippen molar-refractivity contribution < 1.29 is 4.74 Å². The van der Waals surface area contributed by atoms with Crippen LogP contribution < -0.4 is 10.1 Å². The van der Waals surface area contributed by atoms with Crippen molar-refractivity contribution in [1.29, 1.82) is 0 Å². The summed E-state index contributed by atoms with van der Waals surface area (Å²) in [5, 5.41) is 3.58. The van der Waals surface area contributed by atoms with Gasteiger partial charge in [-0.05, 0) is 39.3 Å². The molecule has 1 aliphatic rings. The largest absolute Gasteiger partial charge is 0.494 e. The van der Waals surface area contributed by atoms with Crippen LogP contribution in [-0.2, 0) is 0 Å². The van der Waals surface area contributed by atoms with Crippen LogP contribution in [0.25, 0.3) is 0 Å². The first kappa shape index (κ1) is 11.5. The number of rotatable bonds is 3. The van der Waals surface area contributed by atoms with E-state index in [9.17, 15) is 0 Å². The van der Waals surface area contributed by atoms with Crippen molar-refractivity contribution in [2.75, 3.05) is 13.2 Å². The fraction of sp³-hybridized carbons (Fsp3) is 0.571. The maximum absolute atomic E-state index is 5.71. The second kappa shape index (κ2) is 5.35. The number of piperidine rings is 1. The van der Waals surface area contributed by atoms with Gasteiger partial charge in [-0.1, -0.05) is 24.1 Å². The van der Waals surface area contributed by atoms with Gasteiger partial charge in [0, 0.05) is 11.6 Å². The zero-order chi connectivity index (χ0) is 11.4. The summed E-state index contributed by atoms with van der Waals surface area (Å²) in [5.41, 5.74) is 2.65. The van der Waals surface area contributed by atoms with Gasteiger partial charge >= 0.3 is 0 Å². The van der Waals surface area contributed by atoms with Crippen LogP contribution in [0, 0.1) is 6.92 Å². The van der Waals surface area contributed by atoms with Crippen LogP contribution in [0.2, 0.25) is 0 Å². The maximum Gasteiger partial charge on any atom is 0.124 e. The Labute approximate surface area is 98.0 Å². The summed E-state index contributed by atoms with van der Waals surface area (Å²) in [5.74, 6) is 1.05. The fourth-order valence-corrected chi connectivity index (χ4v) is 2.34.